The molecule has 1 unspecified atom stereocenters. The van der Waals surface area contributed by atoms with E-state index in [-0.39, 0.29) is 0 Å². The highest BCUT2D eigenvalue weighted by atomic mass is 32.1. The van der Waals surface area contributed by atoms with Crippen molar-refractivity contribution in [2.24, 2.45) is 0 Å². The topological polar surface area (TPSA) is 37.8 Å². The van der Waals surface area contributed by atoms with Crippen molar-refractivity contribution < 1.29 is 0 Å². The van der Waals surface area contributed by atoms with Crippen LogP contribution in [0.15, 0.2) is 36.2 Å². The van der Waals surface area contributed by atoms with Gasteiger partial charge in [0.15, 0.2) is 0 Å². The maximum atomic E-state index is 4.14. The van der Waals surface area contributed by atoms with Crippen LogP contribution in [0.1, 0.15) is 23.8 Å². The predicted molar refractivity (Wildman–Crippen MR) is 75.8 cm³/mol. The Balaban J connectivity index is 1.86. The molecule has 1 atom stereocenters. The first-order valence-corrected chi connectivity index (χ1v) is 7.26. The zero-order valence-electron chi connectivity index (χ0n) is 10.7. The first kappa shape index (κ1) is 13.2. The summed E-state index contributed by atoms with van der Waals surface area (Å²) in [6.07, 6.45) is 9.02. The number of nitrogens with zero attached hydrogens (tertiary/aromatic N) is 2. The van der Waals surface area contributed by atoms with Gasteiger partial charge in [-0.25, -0.2) is 0 Å². The van der Waals surface area contributed by atoms with Gasteiger partial charge in [-0.3, -0.25) is 9.97 Å². The molecule has 4 heteroatoms. The first-order chi connectivity index (χ1) is 8.88. The smallest absolute Gasteiger partial charge is 0.0794 e. The van der Waals surface area contributed by atoms with Crippen LogP contribution in [-0.2, 0) is 12.8 Å². The Kier molecular flexibility index (Phi) is 5.30. The fourth-order valence-corrected chi connectivity index (χ4v) is 2.72. The van der Waals surface area contributed by atoms with Crippen LogP contribution in [-0.4, -0.2) is 22.6 Å². The molecule has 0 spiro atoms. The highest BCUT2D eigenvalue weighted by Crippen LogP contribution is 2.12. The van der Waals surface area contributed by atoms with Crippen molar-refractivity contribution in [2.75, 3.05) is 6.54 Å². The number of rotatable bonds is 7. The van der Waals surface area contributed by atoms with Crippen LogP contribution < -0.4 is 5.32 Å². The Labute approximate surface area is 112 Å². The Morgan fingerprint density at radius 3 is 2.78 bits per heavy atom. The van der Waals surface area contributed by atoms with Crippen molar-refractivity contribution in [1.82, 2.24) is 15.3 Å². The summed E-state index contributed by atoms with van der Waals surface area (Å²) in [6, 6.07) is 4.72. The number of pyridine rings is 1. The van der Waals surface area contributed by atoms with Crippen LogP contribution >= 0.6 is 11.3 Å². The minimum atomic E-state index is 0.531. The Hall–Kier alpha value is -1.26. The molecule has 0 aliphatic carbocycles. The monoisotopic (exact) mass is 261 g/mol. The summed E-state index contributed by atoms with van der Waals surface area (Å²) in [7, 11) is 0. The lowest BCUT2D eigenvalue weighted by atomic mass is 10.0. The van der Waals surface area contributed by atoms with Gasteiger partial charge < -0.3 is 5.32 Å². The second kappa shape index (κ2) is 7.24. The maximum absolute atomic E-state index is 4.14. The number of likely N-dealkylation sites (N-methyl/N-ethyl adjacent to an activating group) is 1. The van der Waals surface area contributed by atoms with E-state index in [2.05, 4.69) is 34.3 Å². The van der Waals surface area contributed by atoms with Gasteiger partial charge in [-0.05, 0) is 43.5 Å². The third-order valence-electron chi connectivity index (χ3n) is 2.95. The lowest BCUT2D eigenvalue weighted by Crippen LogP contribution is -2.31. The first-order valence-electron chi connectivity index (χ1n) is 6.38. The molecule has 0 aliphatic rings. The lowest BCUT2D eigenvalue weighted by molar-refractivity contribution is 0.493. The number of aromatic nitrogens is 2. The third kappa shape index (κ3) is 4.20. The van der Waals surface area contributed by atoms with E-state index in [1.54, 1.807) is 11.3 Å². The quantitative estimate of drug-likeness (QED) is 0.832. The molecule has 3 nitrogen and oxygen atoms in total. The van der Waals surface area contributed by atoms with Gasteiger partial charge in [0.05, 0.1) is 5.51 Å². The summed E-state index contributed by atoms with van der Waals surface area (Å²) in [5, 5.41) is 3.55. The van der Waals surface area contributed by atoms with Gasteiger partial charge >= 0.3 is 0 Å². The number of thiazole rings is 1. The third-order valence-corrected chi connectivity index (χ3v) is 3.76. The molecule has 1 N–H and O–H groups in total. The normalized spacial score (nSPS) is 12.5. The molecule has 2 aromatic rings. The summed E-state index contributed by atoms with van der Waals surface area (Å²) >= 11 is 1.74. The lowest BCUT2D eigenvalue weighted by Gasteiger charge is -2.16. The molecule has 2 rings (SSSR count). The van der Waals surface area contributed by atoms with Crippen molar-refractivity contribution in [2.45, 2.75) is 32.2 Å². The van der Waals surface area contributed by atoms with Crippen LogP contribution in [0.4, 0.5) is 0 Å². The van der Waals surface area contributed by atoms with E-state index in [1.807, 2.05) is 24.1 Å². The van der Waals surface area contributed by atoms with Gasteiger partial charge in [-0.1, -0.05) is 6.92 Å². The number of hydrogen-bond acceptors (Lipinski definition) is 4. The fraction of sp³-hybridized carbons (Fsp3) is 0.429. The summed E-state index contributed by atoms with van der Waals surface area (Å²) in [4.78, 5) is 9.54. The average molecular weight is 261 g/mol. The van der Waals surface area contributed by atoms with Crippen LogP contribution in [0.3, 0.4) is 0 Å². The minimum Gasteiger partial charge on any atom is -0.314 e. The van der Waals surface area contributed by atoms with Crippen molar-refractivity contribution in [3.63, 3.8) is 0 Å². The van der Waals surface area contributed by atoms with Gasteiger partial charge in [-0.2, -0.15) is 0 Å². The molecule has 0 fully saturated rings. The molecule has 0 amide bonds. The highest BCUT2D eigenvalue weighted by Gasteiger charge is 2.09. The Morgan fingerprint density at radius 2 is 2.11 bits per heavy atom. The molecule has 0 aromatic carbocycles. The Bertz CT molecular complexity index is 428. The van der Waals surface area contributed by atoms with Gasteiger partial charge in [-0.15, -0.1) is 11.3 Å². The second-order valence-electron chi connectivity index (χ2n) is 4.32. The van der Waals surface area contributed by atoms with Crippen molar-refractivity contribution in [3.8, 4) is 0 Å². The molecule has 0 saturated carbocycles. The Morgan fingerprint density at radius 1 is 1.28 bits per heavy atom. The van der Waals surface area contributed by atoms with E-state index in [0.717, 1.165) is 25.8 Å². The summed E-state index contributed by atoms with van der Waals surface area (Å²) in [5.41, 5.74) is 3.26. The largest absolute Gasteiger partial charge is 0.314 e. The van der Waals surface area contributed by atoms with Crippen LogP contribution in [0.2, 0.25) is 0 Å². The minimum absolute atomic E-state index is 0.531. The van der Waals surface area contributed by atoms with Crippen LogP contribution in [0.5, 0.6) is 0 Å². The van der Waals surface area contributed by atoms with E-state index in [9.17, 15) is 0 Å². The van der Waals surface area contributed by atoms with E-state index in [4.69, 9.17) is 0 Å². The number of aryl methyl sites for hydroxylation is 1. The number of nitrogens with one attached hydrogen (secondary N) is 1. The van der Waals surface area contributed by atoms with Crippen molar-refractivity contribution in [3.05, 3.63) is 46.7 Å². The van der Waals surface area contributed by atoms with Crippen molar-refractivity contribution >= 4 is 11.3 Å². The molecule has 2 aromatic heterocycles. The molecule has 0 radical (unpaired) electrons. The standard InChI is InChI=1S/C14H19N3S/c1-2-17-13(9-14-10-16-11-18-14)4-3-12-5-7-15-8-6-12/h5-8,10-11,13,17H,2-4,9H2,1H3. The molecule has 18 heavy (non-hydrogen) atoms. The number of hydrogen-bond donors (Lipinski definition) is 1. The molecule has 0 bridgehead atoms. The predicted octanol–water partition coefficient (Wildman–Crippen LogP) is 2.69. The fourth-order valence-electron chi connectivity index (χ4n) is 2.04. The van der Waals surface area contributed by atoms with Gasteiger partial charge in [0.25, 0.3) is 0 Å². The molecule has 0 aliphatic heterocycles. The van der Waals surface area contributed by atoms with Gasteiger partial charge in [0.1, 0.15) is 0 Å². The van der Waals surface area contributed by atoms with Gasteiger partial charge in [0.2, 0.25) is 0 Å². The second-order valence-corrected chi connectivity index (χ2v) is 5.29. The van der Waals surface area contributed by atoms with E-state index >= 15 is 0 Å². The van der Waals surface area contributed by atoms with Crippen molar-refractivity contribution in [1.29, 1.82) is 0 Å². The van der Waals surface area contributed by atoms with Crippen LogP contribution in [0, 0.1) is 0 Å². The molecular formula is C14H19N3S. The summed E-state index contributed by atoms with van der Waals surface area (Å²) < 4.78 is 0. The molecule has 2 heterocycles. The van der Waals surface area contributed by atoms with E-state index in [1.165, 1.54) is 10.4 Å². The SMILES string of the molecule is CCNC(CCc1ccncc1)Cc1cncs1. The highest BCUT2D eigenvalue weighted by molar-refractivity contribution is 7.09. The van der Waals surface area contributed by atoms with E-state index < -0.39 is 0 Å². The molecular weight excluding hydrogens is 242 g/mol. The maximum Gasteiger partial charge on any atom is 0.0794 e. The molecule has 96 valence electrons. The zero-order valence-corrected chi connectivity index (χ0v) is 11.5. The average Bonchev–Trinajstić information content (AvgIpc) is 2.90. The zero-order chi connectivity index (χ0) is 12.6. The summed E-state index contributed by atoms with van der Waals surface area (Å²) in [5.74, 6) is 0. The van der Waals surface area contributed by atoms with E-state index in [0.29, 0.717) is 6.04 Å². The summed E-state index contributed by atoms with van der Waals surface area (Å²) in [6.45, 7) is 3.17. The van der Waals surface area contributed by atoms with Gasteiger partial charge in [0, 0.05) is 29.5 Å². The molecule has 0 saturated heterocycles. The van der Waals surface area contributed by atoms with Crippen LogP contribution in [0.25, 0.3) is 0 Å².